The molecule has 0 heterocycles. The van der Waals surface area contributed by atoms with Crippen LogP contribution in [0, 0.1) is 13.8 Å². The van der Waals surface area contributed by atoms with Gasteiger partial charge < -0.3 is 10.5 Å². The van der Waals surface area contributed by atoms with Gasteiger partial charge >= 0.3 is 0 Å². The van der Waals surface area contributed by atoms with E-state index >= 15 is 0 Å². The van der Waals surface area contributed by atoms with Crippen molar-refractivity contribution >= 4 is 17.8 Å². The first-order chi connectivity index (χ1) is 7.15. The second-order valence-corrected chi connectivity index (χ2v) is 3.30. The standard InChI is InChI=1S/C11H14N2O2/c1-8-4-3-5-10(9(8)2)13-11(14)6-7-12-15/h3-5,7,15H,6H2,1-2H3,(H,13,14)/b12-7-. The van der Waals surface area contributed by atoms with Gasteiger partial charge in [0.15, 0.2) is 0 Å². The summed E-state index contributed by atoms with van der Waals surface area (Å²) in [6, 6.07) is 5.72. The Balaban J connectivity index is 2.72. The topological polar surface area (TPSA) is 61.7 Å². The Bertz CT molecular complexity index is 386. The molecule has 0 atom stereocenters. The van der Waals surface area contributed by atoms with Crippen molar-refractivity contribution in [1.82, 2.24) is 0 Å². The van der Waals surface area contributed by atoms with Crippen LogP contribution in [0.4, 0.5) is 5.69 Å². The van der Waals surface area contributed by atoms with Crippen molar-refractivity contribution in [2.75, 3.05) is 5.32 Å². The van der Waals surface area contributed by atoms with Gasteiger partial charge in [0.25, 0.3) is 0 Å². The fraction of sp³-hybridized carbons (Fsp3) is 0.273. The SMILES string of the molecule is Cc1cccc(NC(=O)C/C=N\O)c1C. The molecule has 0 aliphatic rings. The Morgan fingerprint density at radius 3 is 2.93 bits per heavy atom. The highest BCUT2D eigenvalue weighted by Gasteiger charge is 2.04. The van der Waals surface area contributed by atoms with Crippen molar-refractivity contribution < 1.29 is 10.0 Å². The number of oxime groups is 1. The second-order valence-electron chi connectivity index (χ2n) is 3.30. The van der Waals surface area contributed by atoms with Gasteiger partial charge in [-0.15, -0.1) is 5.16 Å². The van der Waals surface area contributed by atoms with Crippen molar-refractivity contribution in [1.29, 1.82) is 0 Å². The maximum Gasteiger partial charge on any atom is 0.229 e. The predicted molar refractivity (Wildman–Crippen MR) is 59.4 cm³/mol. The Morgan fingerprint density at radius 1 is 1.53 bits per heavy atom. The van der Waals surface area contributed by atoms with Crippen LogP contribution in [0.5, 0.6) is 0 Å². The number of hydrogen-bond acceptors (Lipinski definition) is 3. The maximum atomic E-state index is 11.3. The zero-order valence-electron chi connectivity index (χ0n) is 8.82. The molecule has 4 nitrogen and oxygen atoms in total. The normalized spacial score (nSPS) is 10.5. The molecule has 0 fully saturated rings. The highest BCUT2D eigenvalue weighted by atomic mass is 16.4. The molecule has 0 unspecified atom stereocenters. The third kappa shape index (κ3) is 3.09. The largest absolute Gasteiger partial charge is 0.411 e. The Labute approximate surface area is 88.6 Å². The van der Waals surface area contributed by atoms with Crippen LogP contribution in [-0.2, 0) is 4.79 Å². The molecule has 1 aromatic rings. The van der Waals surface area contributed by atoms with Crippen LogP contribution in [-0.4, -0.2) is 17.3 Å². The Morgan fingerprint density at radius 2 is 2.27 bits per heavy atom. The van der Waals surface area contributed by atoms with E-state index in [9.17, 15) is 4.79 Å². The molecule has 0 radical (unpaired) electrons. The highest BCUT2D eigenvalue weighted by Crippen LogP contribution is 2.17. The molecule has 80 valence electrons. The van der Waals surface area contributed by atoms with Crippen molar-refractivity contribution in [3.8, 4) is 0 Å². The summed E-state index contributed by atoms with van der Waals surface area (Å²) in [5, 5.41) is 13.7. The Hall–Kier alpha value is -1.84. The van der Waals surface area contributed by atoms with E-state index in [1.54, 1.807) is 0 Å². The minimum Gasteiger partial charge on any atom is -0.411 e. The van der Waals surface area contributed by atoms with Gasteiger partial charge in [-0.05, 0) is 31.0 Å². The third-order valence-electron chi connectivity index (χ3n) is 2.24. The number of aryl methyl sites for hydroxylation is 1. The summed E-state index contributed by atoms with van der Waals surface area (Å²) in [6.45, 7) is 3.94. The van der Waals surface area contributed by atoms with Gasteiger partial charge in [0.05, 0.1) is 12.6 Å². The fourth-order valence-electron chi connectivity index (χ4n) is 1.21. The molecule has 2 N–H and O–H groups in total. The number of benzene rings is 1. The van der Waals surface area contributed by atoms with Gasteiger partial charge in [-0.3, -0.25) is 4.79 Å². The molecule has 15 heavy (non-hydrogen) atoms. The van der Waals surface area contributed by atoms with Gasteiger partial charge in [0.1, 0.15) is 0 Å². The van der Waals surface area contributed by atoms with Crippen LogP contribution >= 0.6 is 0 Å². The lowest BCUT2D eigenvalue weighted by molar-refractivity contribution is -0.115. The molecule has 0 saturated carbocycles. The van der Waals surface area contributed by atoms with Crippen molar-refractivity contribution in [2.45, 2.75) is 20.3 Å². The average Bonchev–Trinajstić information content (AvgIpc) is 2.22. The van der Waals surface area contributed by atoms with Gasteiger partial charge in [-0.25, -0.2) is 0 Å². The summed E-state index contributed by atoms with van der Waals surface area (Å²) >= 11 is 0. The molecule has 1 amide bonds. The van der Waals surface area contributed by atoms with E-state index in [-0.39, 0.29) is 12.3 Å². The molecular formula is C11H14N2O2. The quantitative estimate of drug-likeness (QED) is 0.452. The lowest BCUT2D eigenvalue weighted by atomic mass is 10.1. The van der Waals surface area contributed by atoms with Gasteiger partial charge in [0.2, 0.25) is 5.91 Å². The summed E-state index contributed by atoms with van der Waals surface area (Å²) in [5.74, 6) is -0.193. The number of nitrogens with one attached hydrogen (secondary N) is 1. The lowest BCUT2D eigenvalue weighted by Gasteiger charge is -2.08. The fourth-order valence-corrected chi connectivity index (χ4v) is 1.21. The van der Waals surface area contributed by atoms with Crippen LogP contribution in [0.15, 0.2) is 23.4 Å². The summed E-state index contributed by atoms with van der Waals surface area (Å²) < 4.78 is 0. The summed E-state index contributed by atoms with van der Waals surface area (Å²) in [7, 11) is 0. The second kappa shape index (κ2) is 5.14. The van der Waals surface area contributed by atoms with E-state index in [0.717, 1.165) is 23.0 Å². The summed E-state index contributed by atoms with van der Waals surface area (Å²) in [4.78, 5) is 11.3. The van der Waals surface area contributed by atoms with E-state index in [1.807, 2.05) is 32.0 Å². The molecule has 1 aromatic carbocycles. The molecule has 0 aromatic heterocycles. The van der Waals surface area contributed by atoms with Crippen LogP contribution in [0.25, 0.3) is 0 Å². The van der Waals surface area contributed by atoms with Crippen molar-refractivity contribution in [3.63, 3.8) is 0 Å². The van der Waals surface area contributed by atoms with Crippen LogP contribution in [0.3, 0.4) is 0 Å². The molecule has 4 heteroatoms. The number of hydrogen-bond donors (Lipinski definition) is 2. The minimum atomic E-state index is -0.193. The maximum absolute atomic E-state index is 11.3. The zero-order valence-corrected chi connectivity index (χ0v) is 8.82. The first-order valence-electron chi connectivity index (χ1n) is 4.67. The lowest BCUT2D eigenvalue weighted by Crippen LogP contribution is -2.12. The van der Waals surface area contributed by atoms with Gasteiger partial charge in [0, 0.05) is 5.69 Å². The highest BCUT2D eigenvalue weighted by molar-refractivity contribution is 5.99. The van der Waals surface area contributed by atoms with E-state index in [2.05, 4.69) is 10.5 Å². The van der Waals surface area contributed by atoms with Crippen molar-refractivity contribution in [3.05, 3.63) is 29.3 Å². The van der Waals surface area contributed by atoms with Crippen LogP contribution in [0.1, 0.15) is 17.5 Å². The number of carbonyl (C=O) groups is 1. The number of nitrogens with zero attached hydrogens (tertiary/aromatic N) is 1. The summed E-state index contributed by atoms with van der Waals surface area (Å²) in [5.41, 5.74) is 2.97. The minimum absolute atomic E-state index is 0.0733. The third-order valence-corrected chi connectivity index (χ3v) is 2.24. The number of rotatable bonds is 3. The first-order valence-corrected chi connectivity index (χ1v) is 4.67. The van der Waals surface area contributed by atoms with Gasteiger partial charge in [-0.2, -0.15) is 0 Å². The number of anilines is 1. The monoisotopic (exact) mass is 206 g/mol. The zero-order chi connectivity index (χ0) is 11.3. The predicted octanol–water partition coefficient (Wildman–Crippen LogP) is 2.09. The average molecular weight is 206 g/mol. The van der Waals surface area contributed by atoms with E-state index in [4.69, 9.17) is 5.21 Å². The molecule has 0 spiro atoms. The summed E-state index contributed by atoms with van der Waals surface area (Å²) in [6.07, 6.45) is 1.23. The first kappa shape index (κ1) is 11.2. The van der Waals surface area contributed by atoms with Crippen LogP contribution in [0.2, 0.25) is 0 Å². The molecule has 0 bridgehead atoms. The van der Waals surface area contributed by atoms with Crippen LogP contribution < -0.4 is 5.32 Å². The molecule has 0 aliphatic carbocycles. The van der Waals surface area contributed by atoms with E-state index in [1.165, 1.54) is 0 Å². The van der Waals surface area contributed by atoms with Crippen molar-refractivity contribution in [2.24, 2.45) is 5.16 Å². The smallest absolute Gasteiger partial charge is 0.229 e. The number of amides is 1. The number of carbonyl (C=O) groups excluding carboxylic acids is 1. The molecule has 0 saturated heterocycles. The Kier molecular flexibility index (Phi) is 3.85. The van der Waals surface area contributed by atoms with Gasteiger partial charge in [-0.1, -0.05) is 12.1 Å². The molecule has 1 rings (SSSR count). The van der Waals surface area contributed by atoms with E-state index in [0.29, 0.717) is 0 Å². The molecule has 0 aliphatic heterocycles. The van der Waals surface area contributed by atoms with E-state index < -0.39 is 0 Å². The molecular weight excluding hydrogens is 192 g/mol.